The van der Waals surface area contributed by atoms with Gasteiger partial charge in [0, 0.05) is 27.8 Å². The number of halogens is 1. The zero-order valence-electron chi connectivity index (χ0n) is 24.9. The number of amides is 2. The van der Waals surface area contributed by atoms with Gasteiger partial charge in [-0.1, -0.05) is 48.4 Å². The molecule has 5 rings (SSSR count). The number of carbonyl (C=O) groups excluding carboxylic acids is 2. The van der Waals surface area contributed by atoms with Crippen LogP contribution in [0, 0.1) is 6.92 Å². The van der Waals surface area contributed by atoms with Crippen molar-refractivity contribution in [2.24, 2.45) is 0 Å². The summed E-state index contributed by atoms with van der Waals surface area (Å²) in [5.74, 6) is 1.58. The molecule has 2 atom stereocenters. The van der Waals surface area contributed by atoms with Crippen LogP contribution in [0.25, 0.3) is 16.9 Å². The van der Waals surface area contributed by atoms with Crippen molar-refractivity contribution in [2.45, 2.75) is 38.5 Å². The quantitative estimate of drug-likeness (QED) is 0.227. The zero-order valence-corrected chi connectivity index (χ0v) is 26.5. The van der Waals surface area contributed by atoms with E-state index in [9.17, 15) is 9.59 Å². The Balaban J connectivity index is 1.82. The fraction of sp³-hybridized carbons (Fsp3) is 0.303. The summed E-state index contributed by atoms with van der Waals surface area (Å²) in [5, 5.41) is 8.38. The molecule has 0 saturated carbocycles. The van der Waals surface area contributed by atoms with E-state index in [0.29, 0.717) is 28.0 Å². The third kappa shape index (κ3) is 6.38. The predicted molar refractivity (Wildman–Crippen MR) is 173 cm³/mol. The topological polar surface area (TPSA) is 85.7 Å². The van der Waals surface area contributed by atoms with Gasteiger partial charge in [0.1, 0.15) is 23.9 Å². The summed E-state index contributed by atoms with van der Waals surface area (Å²) in [6.07, 6.45) is 0.778. The number of nitrogens with one attached hydrogen (secondary N) is 1. The molecule has 1 N–H and O–H groups in total. The predicted octanol–water partition coefficient (Wildman–Crippen LogP) is 6.60. The van der Waals surface area contributed by atoms with Crippen LogP contribution in [0.2, 0.25) is 5.02 Å². The summed E-state index contributed by atoms with van der Waals surface area (Å²) >= 11 is 7.75. The monoisotopic (exact) mass is 618 g/mol. The number of ether oxygens (including phenoxy) is 2. The summed E-state index contributed by atoms with van der Waals surface area (Å²) < 4.78 is 13.2. The van der Waals surface area contributed by atoms with Crippen molar-refractivity contribution in [2.75, 3.05) is 31.4 Å². The number of rotatable bonds is 9. The van der Waals surface area contributed by atoms with E-state index in [1.807, 2.05) is 87.5 Å². The van der Waals surface area contributed by atoms with Crippen LogP contribution < -0.4 is 19.7 Å². The zero-order chi connectivity index (χ0) is 30.7. The van der Waals surface area contributed by atoms with Gasteiger partial charge < -0.3 is 14.8 Å². The Kier molecular flexibility index (Phi) is 9.32. The minimum atomic E-state index is -0.378. The lowest BCUT2D eigenvalue weighted by Gasteiger charge is -2.24. The van der Waals surface area contributed by atoms with E-state index in [0.717, 1.165) is 34.4 Å². The smallest absolute Gasteiger partial charge is 0.240 e. The summed E-state index contributed by atoms with van der Waals surface area (Å²) in [6.45, 7) is 5.83. The summed E-state index contributed by atoms with van der Waals surface area (Å²) in [5.41, 5.74) is 5.00. The molecule has 0 aliphatic carbocycles. The Labute approximate surface area is 261 Å². The van der Waals surface area contributed by atoms with Crippen molar-refractivity contribution in [3.05, 3.63) is 88.4 Å². The molecule has 1 aliphatic rings. The van der Waals surface area contributed by atoms with Gasteiger partial charge in [0.15, 0.2) is 0 Å². The highest BCUT2D eigenvalue weighted by molar-refractivity contribution is 8.00. The molecule has 1 aliphatic heterocycles. The Morgan fingerprint density at radius 1 is 1.09 bits per heavy atom. The van der Waals surface area contributed by atoms with Crippen molar-refractivity contribution in [3.63, 3.8) is 0 Å². The van der Waals surface area contributed by atoms with Gasteiger partial charge in [-0.05, 0) is 62.7 Å². The van der Waals surface area contributed by atoms with E-state index in [2.05, 4.69) is 5.32 Å². The van der Waals surface area contributed by atoms with Crippen molar-refractivity contribution in [1.82, 2.24) is 15.1 Å². The van der Waals surface area contributed by atoms with E-state index in [1.54, 1.807) is 23.8 Å². The number of hydrogen-bond acceptors (Lipinski definition) is 6. The first kappa shape index (κ1) is 30.5. The molecule has 3 aromatic carbocycles. The maximum absolute atomic E-state index is 14.0. The molecule has 224 valence electrons. The van der Waals surface area contributed by atoms with Crippen molar-refractivity contribution >= 4 is 41.0 Å². The maximum atomic E-state index is 14.0. The molecule has 2 amide bonds. The number of aromatic nitrogens is 2. The molecule has 0 spiro atoms. The van der Waals surface area contributed by atoms with E-state index in [1.165, 1.54) is 11.8 Å². The molecule has 0 radical (unpaired) electrons. The van der Waals surface area contributed by atoms with Gasteiger partial charge in [0.2, 0.25) is 11.8 Å². The Morgan fingerprint density at radius 2 is 1.81 bits per heavy atom. The van der Waals surface area contributed by atoms with Crippen molar-refractivity contribution in [1.29, 1.82) is 0 Å². The van der Waals surface area contributed by atoms with Gasteiger partial charge in [0.25, 0.3) is 0 Å². The molecule has 4 aromatic rings. The maximum Gasteiger partial charge on any atom is 0.240 e. The van der Waals surface area contributed by atoms with Crippen molar-refractivity contribution in [3.8, 4) is 28.4 Å². The summed E-state index contributed by atoms with van der Waals surface area (Å²) in [6, 6.07) is 21.0. The molecular formula is C33H35ClN4O4S. The standard InChI is InChI=1S/C33H35ClN4O4S/c1-6-21(3)35-28(39)18-37-29(40)19-43-32(26-17-25(41-4)15-16-27(26)42-5)30-31(22-9-11-23(34)12-10-22)36-38(33(30)37)24-13-7-20(2)8-14-24/h7-17,21,32H,6,18-19H2,1-5H3,(H,35,39). The second kappa shape index (κ2) is 13.1. The number of carbonyl (C=O) groups is 2. The molecule has 0 fully saturated rings. The van der Waals surface area contributed by atoms with Crippen LogP contribution in [0.3, 0.4) is 0 Å². The lowest BCUT2D eigenvalue weighted by atomic mass is 9.98. The fourth-order valence-electron chi connectivity index (χ4n) is 5.06. The number of hydrogen-bond donors (Lipinski definition) is 1. The first-order valence-electron chi connectivity index (χ1n) is 14.1. The third-order valence-corrected chi connectivity index (χ3v) is 9.01. The van der Waals surface area contributed by atoms with Crippen LogP contribution in [0.5, 0.6) is 11.5 Å². The first-order chi connectivity index (χ1) is 20.7. The lowest BCUT2D eigenvalue weighted by Crippen LogP contribution is -2.44. The Morgan fingerprint density at radius 3 is 2.47 bits per heavy atom. The van der Waals surface area contributed by atoms with Crippen LogP contribution >= 0.6 is 23.4 Å². The van der Waals surface area contributed by atoms with Crippen LogP contribution in [0.4, 0.5) is 5.82 Å². The number of thioether (sulfide) groups is 1. The van der Waals surface area contributed by atoms with Gasteiger partial charge in [-0.3, -0.25) is 14.5 Å². The second-order valence-corrected chi connectivity index (χ2v) is 12.0. The van der Waals surface area contributed by atoms with Crippen LogP contribution in [-0.4, -0.2) is 54.2 Å². The lowest BCUT2D eigenvalue weighted by molar-refractivity contribution is -0.123. The van der Waals surface area contributed by atoms with E-state index in [-0.39, 0.29) is 35.4 Å². The minimum absolute atomic E-state index is 0.0242. The Hall–Kier alpha value is -3.95. The Bertz CT molecular complexity index is 1620. The van der Waals surface area contributed by atoms with Crippen LogP contribution in [0.1, 0.15) is 42.2 Å². The average molecular weight is 619 g/mol. The molecule has 1 aromatic heterocycles. The van der Waals surface area contributed by atoms with Gasteiger partial charge >= 0.3 is 0 Å². The molecule has 2 heterocycles. The highest BCUT2D eigenvalue weighted by atomic mass is 35.5. The van der Waals surface area contributed by atoms with Crippen LogP contribution in [-0.2, 0) is 9.59 Å². The largest absolute Gasteiger partial charge is 0.497 e. The molecular weight excluding hydrogens is 584 g/mol. The first-order valence-corrected chi connectivity index (χ1v) is 15.6. The van der Waals surface area contributed by atoms with Crippen LogP contribution in [0.15, 0.2) is 66.7 Å². The molecule has 0 bridgehead atoms. The molecule has 8 nitrogen and oxygen atoms in total. The number of anilines is 1. The van der Waals surface area contributed by atoms with Gasteiger partial charge in [0.05, 0.1) is 36.6 Å². The molecule has 43 heavy (non-hydrogen) atoms. The highest BCUT2D eigenvalue weighted by Crippen LogP contribution is 2.51. The van der Waals surface area contributed by atoms with E-state index >= 15 is 0 Å². The molecule has 2 unspecified atom stereocenters. The van der Waals surface area contributed by atoms with Gasteiger partial charge in [-0.2, -0.15) is 5.10 Å². The average Bonchev–Trinajstić information content (AvgIpc) is 3.33. The van der Waals surface area contributed by atoms with E-state index < -0.39 is 0 Å². The number of nitrogens with zero attached hydrogens (tertiary/aromatic N) is 3. The van der Waals surface area contributed by atoms with E-state index in [4.69, 9.17) is 26.2 Å². The summed E-state index contributed by atoms with van der Waals surface area (Å²) in [4.78, 5) is 28.8. The highest BCUT2D eigenvalue weighted by Gasteiger charge is 2.39. The molecule has 0 saturated heterocycles. The normalized spacial score (nSPS) is 15.4. The fourth-order valence-corrected chi connectivity index (χ4v) is 6.40. The van der Waals surface area contributed by atoms with Gasteiger partial charge in [-0.15, -0.1) is 11.8 Å². The summed E-state index contributed by atoms with van der Waals surface area (Å²) in [7, 11) is 3.24. The number of methoxy groups -OCH3 is 2. The number of aryl methyl sites for hydroxylation is 1. The SMILES string of the molecule is CCC(C)NC(=O)CN1C(=O)CSC(c2cc(OC)ccc2OC)c2c(-c3ccc(Cl)cc3)nn(-c3ccc(C)cc3)c21. The van der Waals surface area contributed by atoms with Gasteiger partial charge in [-0.25, -0.2) is 4.68 Å². The molecule has 10 heteroatoms. The third-order valence-electron chi connectivity index (χ3n) is 7.53. The number of benzene rings is 3. The van der Waals surface area contributed by atoms with Crippen molar-refractivity contribution < 1.29 is 19.1 Å². The minimum Gasteiger partial charge on any atom is -0.497 e. The second-order valence-electron chi connectivity index (χ2n) is 10.5. The number of fused-ring (bicyclic) bond motifs is 1.